The molecule has 6 heteroatoms. The van der Waals surface area contributed by atoms with Crippen LogP contribution in [0, 0.1) is 17.5 Å². The number of nitrogens with two attached hydrogens (primary N) is 1. The van der Waals surface area contributed by atoms with E-state index in [4.69, 9.17) is 10.5 Å². The van der Waals surface area contributed by atoms with Gasteiger partial charge in [-0.05, 0) is 23.6 Å². The summed E-state index contributed by atoms with van der Waals surface area (Å²) in [5, 5.41) is 0. The van der Waals surface area contributed by atoms with Crippen molar-refractivity contribution in [3.63, 3.8) is 0 Å². The number of hydrogen-bond donors (Lipinski definition) is 1. The Morgan fingerprint density at radius 3 is 2.39 bits per heavy atom. The predicted octanol–water partition coefficient (Wildman–Crippen LogP) is 3.11. The van der Waals surface area contributed by atoms with Crippen LogP contribution in [0.15, 0.2) is 42.5 Å². The Hall–Kier alpha value is -2.34. The lowest BCUT2D eigenvalue weighted by Gasteiger charge is -2.12. The summed E-state index contributed by atoms with van der Waals surface area (Å²) in [4.78, 5) is 11.7. The fourth-order valence-corrected chi connectivity index (χ4v) is 2.09. The van der Waals surface area contributed by atoms with Crippen molar-refractivity contribution in [1.82, 2.24) is 0 Å². The second-order valence-corrected chi connectivity index (χ2v) is 5.17. The zero-order valence-corrected chi connectivity index (χ0v) is 12.3. The minimum Gasteiger partial charge on any atom is -0.461 e. The summed E-state index contributed by atoms with van der Waals surface area (Å²) in [5.74, 6) is -3.84. The Morgan fingerprint density at radius 2 is 1.70 bits per heavy atom. The first-order valence-corrected chi connectivity index (χ1v) is 7.04. The van der Waals surface area contributed by atoms with Crippen molar-refractivity contribution in [2.45, 2.75) is 25.5 Å². The van der Waals surface area contributed by atoms with Crippen LogP contribution in [-0.4, -0.2) is 12.0 Å². The van der Waals surface area contributed by atoms with Crippen LogP contribution in [0.1, 0.15) is 17.5 Å². The molecule has 0 aliphatic heterocycles. The van der Waals surface area contributed by atoms with Crippen LogP contribution in [0.4, 0.5) is 13.2 Å². The zero-order valence-electron chi connectivity index (χ0n) is 12.3. The molecule has 122 valence electrons. The molecule has 0 saturated heterocycles. The SMILES string of the molecule is N[C@@H](CC(=O)OCc1ccccc1)Cc1cc(F)c(F)cc1F. The molecule has 0 bridgehead atoms. The van der Waals surface area contributed by atoms with E-state index in [1.165, 1.54) is 0 Å². The molecule has 3 nitrogen and oxygen atoms in total. The standard InChI is InChI=1S/C17H16F3NO2/c18-14-9-16(20)15(19)7-12(14)6-13(21)8-17(22)23-10-11-4-2-1-3-5-11/h1-5,7,9,13H,6,8,10,21H2/t13-/m1/s1. The molecule has 1 atom stereocenters. The van der Waals surface area contributed by atoms with E-state index >= 15 is 0 Å². The summed E-state index contributed by atoms with van der Waals surface area (Å²) >= 11 is 0. The number of ether oxygens (including phenoxy) is 1. The number of esters is 1. The van der Waals surface area contributed by atoms with Crippen molar-refractivity contribution < 1.29 is 22.7 Å². The Labute approximate surface area is 131 Å². The fourth-order valence-electron chi connectivity index (χ4n) is 2.09. The molecular formula is C17H16F3NO2. The van der Waals surface area contributed by atoms with Crippen molar-refractivity contribution in [2.75, 3.05) is 0 Å². The monoisotopic (exact) mass is 323 g/mol. The highest BCUT2D eigenvalue weighted by molar-refractivity contribution is 5.70. The molecular weight excluding hydrogens is 307 g/mol. The van der Waals surface area contributed by atoms with Gasteiger partial charge in [-0.25, -0.2) is 13.2 Å². The van der Waals surface area contributed by atoms with E-state index < -0.39 is 29.5 Å². The summed E-state index contributed by atoms with van der Waals surface area (Å²) < 4.78 is 44.5. The van der Waals surface area contributed by atoms with Gasteiger partial charge in [-0.2, -0.15) is 0 Å². The van der Waals surface area contributed by atoms with Gasteiger partial charge in [0, 0.05) is 12.1 Å². The van der Waals surface area contributed by atoms with Crippen LogP contribution >= 0.6 is 0 Å². The number of hydrogen-bond acceptors (Lipinski definition) is 3. The Bertz CT molecular complexity index is 677. The highest BCUT2D eigenvalue weighted by atomic mass is 19.2. The molecule has 0 aliphatic carbocycles. The Morgan fingerprint density at radius 1 is 1.04 bits per heavy atom. The van der Waals surface area contributed by atoms with Crippen molar-refractivity contribution >= 4 is 5.97 Å². The van der Waals surface area contributed by atoms with Gasteiger partial charge in [-0.3, -0.25) is 4.79 Å². The number of rotatable bonds is 6. The zero-order chi connectivity index (χ0) is 16.8. The average Bonchev–Trinajstić information content (AvgIpc) is 2.51. The van der Waals surface area contributed by atoms with E-state index in [9.17, 15) is 18.0 Å². The van der Waals surface area contributed by atoms with Crippen molar-refractivity contribution in [1.29, 1.82) is 0 Å². The maximum Gasteiger partial charge on any atom is 0.307 e. The minimum atomic E-state index is -1.26. The van der Waals surface area contributed by atoms with Crippen LogP contribution < -0.4 is 5.73 Å². The van der Waals surface area contributed by atoms with Crippen molar-refractivity contribution in [2.24, 2.45) is 5.73 Å². The second kappa shape index (κ2) is 7.78. The summed E-state index contributed by atoms with van der Waals surface area (Å²) in [7, 11) is 0. The molecule has 2 aromatic rings. The highest BCUT2D eigenvalue weighted by Crippen LogP contribution is 2.16. The van der Waals surface area contributed by atoms with Gasteiger partial charge in [0.15, 0.2) is 11.6 Å². The van der Waals surface area contributed by atoms with E-state index in [1.807, 2.05) is 30.3 Å². The predicted molar refractivity (Wildman–Crippen MR) is 78.9 cm³/mol. The molecule has 0 amide bonds. The van der Waals surface area contributed by atoms with Crippen LogP contribution in [0.25, 0.3) is 0 Å². The van der Waals surface area contributed by atoms with Gasteiger partial charge in [0.25, 0.3) is 0 Å². The number of halogens is 3. The summed E-state index contributed by atoms with van der Waals surface area (Å²) in [6.07, 6.45) is -0.241. The van der Waals surface area contributed by atoms with E-state index in [0.29, 0.717) is 6.07 Å². The van der Waals surface area contributed by atoms with Gasteiger partial charge in [0.1, 0.15) is 12.4 Å². The maximum atomic E-state index is 13.5. The molecule has 2 rings (SSSR count). The van der Waals surface area contributed by atoms with Crippen LogP contribution in [0.3, 0.4) is 0 Å². The third-order valence-electron chi connectivity index (χ3n) is 3.24. The molecule has 0 saturated carbocycles. The van der Waals surface area contributed by atoms with Gasteiger partial charge in [0.2, 0.25) is 0 Å². The lowest BCUT2D eigenvalue weighted by atomic mass is 10.0. The molecule has 0 spiro atoms. The first kappa shape index (κ1) is 17.0. The van der Waals surface area contributed by atoms with E-state index in [0.717, 1.165) is 11.6 Å². The Kier molecular flexibility index (Phi) is 5.76. The van der Waals surface area contributed by atoms with Gasteiger partial charge in [-0.1, -0.05) is 30.3 Å². The summed E-state index contributed by atoms with van der Waals surface area (Å²) in [5.41, 5.74) is 6.51. The second-order valence-electron chi connectivity index (χ2n) is 5.17. The number of benzene rings is 2. The molecule has 0 radical (unpaired) electrons. The molecule has 0 heterocycles. The van der Waals surface area contributed by atoms with Crippen LogP contribution in [0.2, 0.25) is 0 Å². The maximum absolute atomic E-state index is 13.5. The molecule has 2 N–H and O–H groups in total. The molecule has 23 heavy (non-hydrogen) atoms. The van der Waals surface area contributed by atoms with Crippen LogP contribution in [0.5, 0.6) is 0 Å². The van der Waals surface area contributed by atoms with Crippen LogP contribution in [-0.2, 0) is 22.6 Å². The van der Waals surface area contributed by atoms with Gasteiger partial charge >= 0.3 is 5.97 Å². The summed E-state index contributed by atoms with van der Waals surface area (Å²) in [6.45, 7) is 0.117. The molecule has 0 unspecified atom stereocenters. The lowest BCUT2D eigenvalue weighted by Crippen LogP contribution is -2.27. The number of carbonyl (C=O) groups is 1. The van der Waals surface area contributed by atoms with E-state index in [2.05, 4.69) is 0 Å². The molecule has 2 aromatic carbocycles. The molecule has 0 aliphatic rings. The fraction of sp³-hybridized carbons (Fsp3) is 0.235. The van der Waals surface area contributed by atoms with Gasteiger partial charge in [-0.15, -0.1) is 0 Å². The van der Waals surface area contributed by atoms with Crippen molar-refractivity contribution in [3.05, 3.63) is 71.0 Å². The summed E-state index contributed by atoms with van der Waals surface area (Å²) in [6, 6.07) is 9.57. The van der Waals surface area contributed by atoms with E-state index in [1.54, 1.807) is 0 Å². The third kappa shape index (κ3) is 5.10. The van der Waals surface area contributed by atoms with E-state index in [-0.39, 0.29) is 25.0 Å². The first-order valence-electron chi connectivity index (χ1n) is 7.04. The normalized spacial score (nSPS) is 12.0. The topological polar surface area (TPSA) is 52.3 Å². The lowest BCUT2D eigenvalue weighted by molar-refractivity contribution is -0.145. The number of carbonyl (C=O) groups excluding carboxylic acids is 1. The van der Waals surface area contributed by atoms with Crippen molar-refractivity contribution in [3.8, 4) is 0 Å². The highest BCUT2D eigenvalue weighted by Gasteiger charge is 2.16. The average molecular weight is 323 g/mol. The third-order valence-corrected chi connectivity index (χ3v) is 3.24. The quantitative estimate of drug-likeness (QED) is 0.656. The largest absolute Gasteiger partial charge is 0.461 e. The van der Waals surface area contributed by atoms with Gasteiger partial charge in [0.05, 0.1) is 6.42 Å². The first-order chi connectivity index (χ1) is 11.0. The molecule has 0 fully saturated rings. The minimum absolute atomic E-state index is 0.0766. The smallest absolute Gasteiger partial charge is 0.307 e. The Balaban J connectivity index is 1.85. The molecule has 0 aromatic heterocycles. The van der Waals surface area contributed by atoms with Gasteiger partial charge < -0.3 is 10.5 Å².